The van der Waals surface area contributed by atoms with E-state index in [0.29, 0.717) is 0 Å². The van der Waals surface area contributed by atoms with E-state index in [9.17, 15) is 9.18 Å². The zero-order chi connectivity index (χ0) is 13.1. The zero-order valence-electron chi connectivity index (χ0n) is 10.7. The molecule has 0 aromatic heterocycles. The van der Waals surface area contributed by atoms with E-state index in [1.807, 2.05) is 0 Å². The van der Waals surface area contributed by atoms with Crippen LogP contribution in [0.15, 0.2) is 18.2 Å². The fourth-order valence-corrected chi connectivity index (χ4v) is 2.27. The summed E-state index contributed by atoms with van der Waals surface area (Å²) >= 11 is 0. The minimum Gasteiger partial charge on any atom is -0.383 e. The van der Waals surface area contributed by atoms with Crippen LogP contribution < -0.4 is 11.1 Å². The third-order valence-electron chi connectivity index (χ3n) is 3.18. The van der Waals surface area contributed by atoms with Crippen molar-refractivity contribution in [2.45, 2.75) is 24.9 Å². The Morgan fingerprint density at radius 3 is 3.05 bits per heavy atom. The Bertz CT molecular complexity index is 456. The van der Waals surface area contributed by atoms with Crippen molar-refractivity contribution in [3.63, 3.8) is 0 Å². The summed E-state index contributed by atoms with van der Waals surface area (Å²) in [4.78, 5) is 11.8. The molecule has 6 heteroatoms. The maximum atomic E-state index is 13.1. The molecule has 0 heterocycles. The predicted molar refractivity (Wildman–Crippen MR) is 72.7 cm³/mol. The lowest BCUT2D eigenvalue weighted by Gasteiger charge is -2.17. The van der Waals surface area contributed by atoms with Crippen LogP contribution in [0.25, 0.3) is 0 Å². The molecule has 19 heavy (non-hydrogen) atoms. The average Bonchev–Trinajstić information content (AvgIpc) is 2.72. The Morgan fingerprint density at radius 1 is 1.63 bits per heavy atom. The Balaban J connectivity index is 0.00000180. The second-order valence-electron chi connectivity index (χ2n) is 4.50. The molecule has 0 saturated heterocycles. The highest BCUT2D eigenvalue weighted by Gasteiger charge is 2.25. The maximum absolute atomic E-state index is 13.1. The van der Waals surface area contributed by atoms with Gasteiger partial charge in [0.1, 0.15) is 11.9 Å². The maximum Gasteiger partial charge on any atom is 0.239 e. The summed E-state index contributed by atoms with van der Waals surface area (Å²) < 4.78 is 17.9. The van der Waals surface area contributed by atoms with Gasteiger partial charge in [-0.1, -0.05) is 6.07 Å². The molecule has 0 bridgehead atoms. The second-order valence-corrected chi connectivity index (χ2v) is 4.50. The van der Waals surface area contributed by atoms with Crippen molar-refractivity contribution in [1.82, 2.24) is 5.32 Å². The van der Waals surface area contributed by atoms with E-state index >= 15 is 0 Å². The van der Waals surface area contributed by atoms with Gasteiger partial charge in [0.25, 0.3) is 0 Å². The van der Waals surface area contributed by atoms with Crippen LogP contribution >= 0.6 is 12.4 Å². The van der Waals surface area contributed by atoms with E-state index in [2.05, 4.69) is 5.32 Å². The van der Waals surface area contributed by atoms with E-state index in [0.717, 1.165) is 24.0 Å². The van der Waals surface area contributed by atoms with E-state index in [1.54, 1.807) is 6.07 Å². The molecule has 2 rings (SSSR count). The van der Waals surface area contributed by atoms with Gasteiger partial charge >= 0.3 is 0 Å². The lowest BCUT2D eigenvalue weighted by atomic mass is 10.1. The fourth-order valence-electron chi connectivity index (χ4n) is 2.27. The molecule has 0 saturated carbocycles. The first-order chi connectivity index (χ1) is 8.61. The van der Waals surface area contributed by atoms with Crippen LogP contribution in [0, 0.1) is 5.82 Å². The highest BCUT2D eigenvalue weighted by molar-refractivity contribution is 5.85. The molecule has 1 aromatic carbocycles. The molecule has 0 spiro atoms. The van der Waals surface area contributed by atoms with Crippen LogP contribution in [0.3, 0.4) is 0 Å². The Kier molecular flexibility index (Phi) is 5.72. The van der Waals surface area contributed by atoms with Gasteiger partial charge in [-0.25, -0.2) is 4.39 Å². The van der Waals surface area contributed by atoms with E-state index in [-0.39, 0.29) is 36.8 Å². The number of ether oxygens (including phenoxy) is 1. The first kappa shape index (κ1) is 15.9. The van der Waals surface area contributed by atoms with Gasteiger partial charge in [-0.15, -0.1) is 12.4 Å². The molecular weight excluding hydrogens is 271 g/mol. The van der Waals surface area contributed by atoms with Crippen molar-refractivity contribution in [1.29, 1.82) is 0 Å². The van der Waals surface area contributed by atoms with Gasteiger partial charge in [-0.2, -0.15) is 0 Å². The minimum absolute atomic E-state index is 0. The van der Waals surface area contributed by atoms with Gasteiger partial charge in [-0.3, -0.25) is 4.79 Å². The van der Waals surface area contributed by atoms with Crippen LogP contribution in [-0.4, -0.2) is 25.7 Å². The van der Waals surface area contributed by atoms with Gasteiger partial charge in [0.2, 0.25) is 5.91 Å². The van der Waals surface area contributed by atoms with Crippen LogP contribution in [0.4, 0.5) is 4.39 Å². The molecule has 106 valence electrons. The average molecular weight is 289 g/mol. The molecule has 1 aromatic rings. The summed E-state index contributed by atoms with van der Waals surface area (Å²) in [6, 6.07) is 3.93. The Labute approximate surface area is 117 Å². The van der Waals surface area contributed by atoms with Gasteiger partial charge in [-0.05, 0) is 36.1 Å². The van der Waals surface area contributed by atoms with Gasteiger partial charge in [0.15, 0.2) is 0 Å². The number of nitrogens with two attached hydrogens (primary N) is 1. The van der Waals surface area contributed by atoms with Gasteiger partial charge in [0, 0.05) is 7.11 Å². The molecular formula is C13H18ClFN2O2. The first-order valence-electron chi connectivity index (χ1n) is 5.95. The molecule has 1 aliphatic rings. The second kappa shape index (κ2) is 6.84. The summed E-state index contributed by atoms with van der Waals surface area (Å²) in [5.74, 6) is -0.476. The molecule has 2 atom stereocenters. The van der Waals surface area contributed by atoms with Crippen molar-refractivity contribution in [2.24, 2.45) is 5.73 Å². The summed E-state index contributed by atoms with van der Waals surface area (Å²) in [5, 5.41) is 2.87. The number of methoxy groups -OCH3 is 1. The van der Waals surface area contributed by atoms with E-state index < -0.39 is 6.04 Å². The quantitative estimate of drug-likeness (QED) is 0.878. The smallest absolute Gasteiger partial charge is 0.239 e. The number of amides is 1. The van der Waals surface area contributed by atoms with Crippen LogP contribution in [0.2, 0.25) is 0 Å². The largest absolute Gasteiger partial charge is 0.383 e. The van der Waals surface area contributed by atoms with Crippen molar-refractivity contribution in [3.8, 4) is 0 Å². The number of carbonyl (C=O) groups is 1. The SMILES string of the molecule is COCC(N)C(=O)NC1CCc2cc(F)ccc21.Cl. The van der Waals surface area contributed by atoms with Crippen molar-refractivity contribution in [2.75, 3.05) is 13.7 Å². The summed E-state index contributed by atoms with van der Waals surface area (Å²) in [5.41, 5.74) is 7.59. The molecule has 0 aliphatic heterocycles. The zero-order valence-corrected chi connectivity index (χ0v) is 11.5. The topological polar surface area (TPSA) is 64.3 Å². The first-order valence-corrected chi connectivity index (χ1v) is 5.95. The fraction of sp³-hybridized carbons (Fsp3) is 0.462. The van der Waals surface area contributed by atoms with E-state index in [4.69, 9.17) is 10.5 Å². The Hall–Kier alpha value is -1.17. The number of benzene rings is 1. The van der Waals surface area contributed by atoms with E-state index in [1.165, 1.54) is 19.2 Å². The van der Waals surface area contributed by atoms with Gasteiger partial charge < -0.3 is 15.8 Å². The number of rotatable bonds is 4. The number of hydrogen-bond acceptors (Lipinski definition) is 3. The van der Waals surface area contributed by atoms with Gasteiger partial charge in [0.05, 0.1) is 12.6 Å². The van der Waals surface area contributed by atoms with Crippen LogP contribution in [0.5, 0.6) is 0 Å². The third-order valence-corrected chi connectivity index (χ3v) is 3.18. The lowest BCUT2D eigenvalue weighted by molar-refractivity contribution is -0.124. The summed E-state index contributed by atoms with van der Waals surface area (Å²) in [7, 11) is 1.50. The molecule has 0 radical (unpaired) electrons. The molecule has 3 N–H and O–H groups in total. The number of aryl methyl sites for hydroxylation is 1. The predicted octanol–water partition coefficient (Wildman–Crippen LogP) is 1.32. The molecule has 1 amide bonds. The van der Waals surface area contributed by atoms with Crippen molar-refractivity contribution < 1.29 is 13.9 Å². The molecule has 1 aliphatic carbocycles. The monoisotopic (exact) mass is 288 g/mol. The lowest BCUT2D eigenvalue weighted by Crippen LogP contribution is -2.44. The van der Waals surface area contributed by atoms with Crippen molar-refractivity contribution >= 4 is 18.3 Å². The number of halogens is 2. The normalized spacial score (nSPS) is 18.4. The highest BCUT2D eigenvalue weighted by Crippen LogP contribution is 2.31. The minimum atomic E-state index is -0.667. The molecule has 4 nitrogen and oxygen atoms in total. The summed E-state index contributed by atoms with van der Waals surface area (Å²) in [6.07, 6.45) is 1.56. The highest BCUT2D eigenvalue weighted by atomic mass is 35.5. The third kappa shape index (κ3) is 3.65. The number of fused-ring (bicyclic) bond motifs is 1. The standard InChI is InChI=1S/C13H17FN2O2.ClH/c1-18-7-11(15)13(17)16-12-5-2-8-6-9(14)3-4-10(8)12;/h3-4,6,11-12H,2,5,7,15H2,1H3,(H,16,17);1H. The molecule has 2 unspecified atom stereocenters. The van der Waals surface area contributed by atoms with Crippen LogP contribution in [-0.2, 0) is 16.0 Å². The number of carbonyl (C=O) groups excluding carboxylic acids is 1. The number of hydrogen-bond donors (Lipinski definition) is 2. The summed E-state index contributed by atoms with van der Waals surface area (Å²) in [6.45, 7) is 0.189. The van der Waals surface area contributed by atoms with Crippen molar-refractivity contribution in [3.05, 3.63) is 35.1 Å². The Morgan fingerprint density at radius 2 is 2.37 bits per heavy atom. The number of nitrogens with one attached hydrogen (secondary N) is 1. The van der Waals surface area contributed by atoms with Crippen LogP contribution in [0.1, 0.15) is 23.6 Å². The molecule has 0 fully saturated rings.